The molecular formula is C7H10BrN3. The van der Waals surface area contributed by atoms with E-state index in [0.29, 0.717) is 0 Å². The maximum atomic E-state index is 4.28. The van der Waals surface area contributed by atoms with E-state index < -0.39 is 0 Å². The molecule has 0 saturated heterocycles. The molecule has 0 unspecified atom stereocenters. The van der Waals surface area contributed by atoms with E-state index >= 15 is 0 Å². The van der Waals surface area contributed by atoms with Crippen molar-refractivity contribution in [3.8, 4) is 0 Å². The summed E-state index contributed by atoms with van der Waals surface area (Å²) in [5.41, 5.74) is 0. The fourth-order valence-corrected chi connectivity index (χ4v) is 1.83. The van der Waals surface area contributed by atoms with E-state index in [2.05, 4.69) is 37.4 Å². The minimum absolute atomic E-state index is 0.964. The largest absolute Gasteiger partial charge is 0.320 e. The Kier molecular flexibility index (Phi) is 1.73. The van der Waals surface area contributed by atoms with Gasteiger partial charge in [0.1, 0.15) is 10.4 Å². The van der Waals surface area contributed by atoms with E-state index in [0.717, 1.165) is 30.1 Å². The van der Waals surface area contributed by atoms with E-state index in [1.807, 2.05) is 6.20 Å². The fraction of sp³-hybridized carbons (Fsp3) is 0.571. The Hall–Kier alpha value is -0.350. The second-order valence-electron chi connectivity index (χ2n) is 2.89. The number of nitrogens with zero attached hydrogens (tertiary/aromatic N) is 3. The zero-order chi connectivity index (χ0) is 7.84. The lowest BCUT2D eigenvalue weighted by molar-refractivity contribution is 0.263. The molecule has 60 valence electrons. The Morgan fingerprint density at radius 1 is 1.55 bits per heavy atom. The molecule has 0 amide bonds. The first kappa shape index (κ1) is 7.31. The van der Waals surface area contributed by atoms with Crippen molar-refractivity contribution >= 4 is 15.9 Å². The maximum Gasteiger partial charge on any atom is 0.123 e. The van der Waals surface area contributed by atoms with Crippen LogP contribution in [0.4, 0.5) is 0 Å². The van der Waals surface area contributed by atoms with Crippen molar-refractivity contribution in [3.05, 3.63) is 16.6 Å². The molecule has 0 aromatic carbocycles. The molecule has 3 nitrogen and oxygen atoms in total. The number of hydrogen-bond donors (Lipinski definition) is 0. The maximum absolute atomic E-state index is 4.28. The fourth-order valence-electron chi connectivity index (χ4n) is 1.34. The first-order chi connectivity index (χ1) is 5.27. The van der Waals surface area contributed by atoms with Gasteiger partial charge in [-0.2, -0.15) is 0 Å². The van der Waals surface area contributed by atoms with Gasteiger partial charge in [-0.15, -0.1) is 0 Å². The number of likely N-dealkylation sites (N-methyl/N-ethyl adjacent to an activating group) is 1. The number of rotatable bonds is 0. The zero-order valence-electron chi connectivity index (χ0n) is 6.42. The van der Waals surface area contributed by atoms with Gasteiger partial charge in [0.05, 0.1) is 12.7 Å². The van der Waals surface area contributed by atoms with Crippen molar-refractivity contribution in [2.75, 3.05) is 13.6 Å². The van der Waals surface area contributed by atoms with Crippen LogP contribution in [-0.4, -0.2) is 28.0 Å². The minimum atomic E-state index is 0.964. The monoisotopic (exact) mass is 215 g/mol. The molecule has 1 aromatic heterocycles. The first-order valence-corrected chi connectivity index (χ1v) is 4.45. The summed E-state index contributed by atoms with van der Waals surface area (Å²) >= 11 is 3.45. The molecule has 0 N–H and O–H groups in total. The summed E-state index contributed by atoms with van der Waals surface area (Å²) in [5, 5.41) is 0. The van der Waals surface area contributed by atoms with Crippen LogP contribution >= 0.6 is 15.9 Å². The van der Waals surface area contributed by atoms with Crippen molar-refractivity contribution in [1.29, 1.82) is 0 Å². The summed E-state index contributed by atoms with van der Waals surface area (Å²) in [6.07, 6.45) is 1.87. The number of halogens is 1. The van der Waals surface area contributed by atoms with Gasteiger partial charge in [-0.05, 0) is 23.0 Å². The summed E-state index contributed by atoms with van der Waals surface area (Å²) in [5.74, 6) is 1.16. The number of imidazole rings is 1. The topological polar surface area (TPSA) is 21.1 Å². The average Bonchev–Trinajstić information content (AvgIpc) is 2.32. The van der Waals surface area contributed by atoms with Gasteiger partial charge in [0, 0.05) is 13.1 Å². The van der Waals surface area contributed by atoms with Crippen LogP contribution in [0, 0.1) is 0 Å². The molecule has 0 saturated carbocycles. The highest BCUT2D eigenvalue weighted by atomic mass is 79.9. The Morgan fingerprint density at radius 3 is 3.18 bits per heavy atom. The molecule has 1 aliphatic heterocycles. The molecule has 11 heavy (non-hydrogen) atoms. The highest BCUT2D eigenvalue weighted by Crippen LogP contribution is 2.16. The summed E-state index contributed by atoms with van der Waals surface area (Å²) in [4.78, 5) is 6.55. The molecule has 2 heterocycles. The third-order valence-electron chi connectivity index (χ3n) is 2.01. The number of fused-ring (bicyclic) bond motifs is 1. The average molecular weight is 216 g/mol. The third-order valence-corrected chi connectivity index (χ3v) is 2.64. The van der Waals surface area contributed by atoms with E-state index in [4.69, 9.17) is 0 Å². The van der Waals surface area contributed by atoms with Crippen LogP contribution in [0.1, 0.15) is 5.82 Å². The van der Waals surface area contributed by atoms with Crippen LogP contribution in [0.15, 0.2) is 10.8 Å². The van der Waals surface area contributed by atoms with Crippen LogP contribution in [0.5, 0.6) is 0 Å². The molecule has 0 fully saturated rings. The molecule has 4 heteroatoms. The van der Waals surface area contributed by atoms with Crippen molar-refractivity contribution in [1.82, 2.24) is 14.5 Å². The zero-order valence-corrected chi connectivity index (χ0v) is 8.00. The van der Waals surface area contributed by atoms with Gasteiger partial charge < -0.3 is 4.57 Å². The smallest absolute Gasteiger partial charge is 0.123 e. The highest BCUT2D eigenvalue weighted by Gasteiger charge is 2.15. The summed E-state index contributed by atoms with van der Waals surface area (Å²) in [6, 6.07) is 0. The number of hydrogen-bond acceptors (Lipinski definition) is 2. The molecule has 0 spiro atoms. The second kappa shape index (κ2) is 2.60. The van der Waals surface area contributed by atoms with Crippen LogP contribution in [0.25, 0.3) is 0 Å². The Balaban J connectivity index is 2.36. The first-order valence-electron chi connectivity index (χ1n) is 3.66. The third kappa shape index (κ3) is 1.20. The van der Waals surface area contributed by atoms with Gasteiger partial charge in [-0.3, -0.25) is 4.90 Å². The van der Waals surface area contributed by atoms with E-state index in [1.54, 1.807) is 0 Å². The predicted molar refractivity (Wildman–Crippen MR) is 46.3 cm³/mol. The Morgan fingerprint density at radius 2 is 2.36 bits per heavy atom. The predicted octanol–water partition coefficient (Wildman–Crippen LogP) is 1.09. The van der Waals surface area contributed by atoms with Gasteiger partial charge in [0.25, 0.3) is 0 Å². The molecule has 1 aliphatic rings. The molecule has 2 rings (SSSR count). The number of aromatic nitrogens is 2. The van der Waals surface area contributed by atoms with E-state index in [-0.39, 0.29) is 0 Å². The quantitative estimate of drug-likeness (QED) is 0.647. The van der Waals surface area contributed by atoms with Gasteiger partial charge in [0.15, 0.2) is 0 Å². The summed E-state index contributed by atoms with van der Waals surface area (Å²) in [7, 11) is 2.12. The Bertz CT molecular complexity index is 269. The van der Waals surface area contributed by atoms with Crippen LogP contribution < -0.4 is 0 Å². The Labute approximate surface area is 74.2 Å². The van der Waals surface area contributed by atoms with Crippen LogP contribution in [-0.2, 0) is 13.1 Å². The van der Waals surface area contributed by atoms with Gasteiger partial charge in [-0.1, -0.05) is 0 Å². The molecule has 1 aromatic rings. The molecule has 0 bridgehead atoms. The lowest BCUT2D eigenvalue weighted by atomic mass is 10.4. The highest BCUT2D eigenvalue weighted by molar-refractivity contribution is 9.10. The minimum Gasteiger partial charge on any atom is -0.320 e. The standard InChI is InChI=1S/C7H10BrN3/c1-10-2-3-11-6(8)4-9-7(11)5-10/h4H,2-3,5H2,1H3. The summed E-state index contributed by atoms with van der Waals surface area (Å²) < 4.78 is 3.31. The molecular weight excluding hydrogens is 206 g/mol. The van der Waals surface area contributed by atoms with Gasteiger partial charge in [0.2, 0.25) is 0 Å². The molecule has 0 radical (unpaired) electrons. The van der Waals surface area contributed by atoms with E-state index in [1.165, 1.54) is 0 Å². The van der Waals surface area contributed by atoms with E-state index in [9.17, 15) is 0 Å². The summed E-state index contributed by atoms with van der Waals surface area (Å²) in [6.45, 7) is 3.12. The molecule has 0 aliphatic carbocycles. The van der Waals surface area contributed by atoms with Crippen molar-refractivity contribution in [2.45, 2.75) is 13.1 Å². The van der Waals surface area contributed by atoms with Crippen LogP contribution in [0.2, 0.25) is 0 Å². The lowest BCUT2D eigenvalue weighted by Gasteiger charge is -2.23. The molecule has 0 atom stereocenters. The van der Waals surface area contributed by atoms with Gasteiger partial charge >= 0.3 is 0 Å². The van der Waals surface area contributed by atoms with Crippen molar-refractivity contribution in [3.63, 3.8) is 0 Å². The lowest BCUT2D eigenvalue weighted by Crippen LogP contribution is -2.30. The normalized spacial score (nSPS) is 18.4. The van der Waals surface area contributed by atoms with Crippen molar-refractivity contribution in [2.24, 2.45) is 0 Å². The van der Waals surface area contributed by atoms with Crippen molar-refractivity contribution < 1.29 is 0 Å². The van der Waals surface area contributed by atoms with Gasteiger partial charge in [-0.25, -0.2) is 4.98 Å². The SMILES string of the molecule is CN1CCn2c(Br)cnc2C1. The second-order valence-corrected chi connectivity index (χ2v) is 3.70. The van der Waals surface area contributed by atoms with Crippen LogP contribution in [0.3, 0.4) is 0 Å².